The summed E-state index contributed by atoms with van der Waals surface area (Å²) in [4.78, 5) is 0.888. The van der Waals surface area contributed by atoms with Crippen molar-refractivity contribution in [3.63, 3.8) is 0 Å². The molecule has 0 radical (unpaired) electrons. The molecule has 3 aromatic carbocycles. The first kappa shape index (κ1) is 14.7. The van der Waals surface area contributed by atoms with E-state index in [2.05, 4.69) is 24.3 Å². The average Bonchev–Trinajstić information content (AvgIpc) is 2.62. The summed E-state index contributed by atoms with van der Waals surface area (Å²) in [5.41, 5.74) is 2.41. The van der Waals surface area contributed by atoms with Crippen molar-refractivity contribution in [2.45, 2.75) is 10.8 Å². The maximum absolute atomic E-state index is 12.7. The average molecular weight is 306 g/mol. The second-order valence-electron chi connectivity index (χ2n) is 5.20. The Bertz CT molecular complexity index is 684. The van der Waals surface area contributed by atoms with Crippen LogP contribution in [0, 0.1) is 0 Å². The molecule has 0 aliphatic carbocycles. The predicted molar refractivity (Wildman–Crippen MR) is 92.4 cm³/mol. The molecular formula is C20H18OS. The molecule has 0 bridgehead atoms. The Balaban J connectivity index is 1.91. The highest BCUT2D eigenvalue weighted by Gasteiger charge is 2.17. The van der Waals surface area contributed by atoms with Crippen LogP contribution in [0.5, 0.6) is 0 Å². The molecule has 1 unspecified atom stereocenters. The van der Waals surface area contributed by atoms with Crippen molar-refractivity contribution in [3.8, 4) is 0 Å². The second-order valence-corrected chi connectivity index (χ2v) is 6.69. The van der Waals surface area contributed by atoms with Crippen molar-refractivity contribution >= 4 is 10.8 Å². The fourth-order valence-electron chi connectivity index (χ4n) is 2.58. The Morgan fingerprint density at radius 3 is 1.50 bits per heavy atom. The molecule has 0 saturated heterocycles. The molecule has 2 heteroatoms. The summed E-state index contributed by atoms with van der Waals surface area (Å²) in [6, 6.07) is 30.3. The number of benzene rings is 3. The quantitative estimate of drug-likeness (QED) is 0.672. The largest absolute Gasteiger partial charge is 0.254 e. The molecule has 0 heterocycles. The van der Waals surface area contributed by atoms with Crippen molar-refractivity contribution in [1.82, 2.24) is 0 Å². The Hall–Kier alpha value is -2.19. The number of hydrogen-bond donors (Lipinski definition) is 0. The summed E-state index contributed by atoms with van der Waals surface area (Å²) >= 11 is 0. The maximum atomic E-state index is 12.7. The molecule has 0 aromatic heterocycles. The van der Waals surface area contributed by atoms with Gasteiger partial charge < -0.3 is 0 Å². The first-order valence-corrected chi connectivity index (χ1v) is 8.70. The van der Waals surface area contributed by atoms with Gasteiger partial charge in [0, 0.05) is 16.6 Å². The van der Waals surface area contributed by atoms with Crippen LogP contribution in [-0.4, -0.2) is 9.96 Å². The molecule has 3 rings (SSSR count). The molecule has 0 spiro atoms. The van der Waals surface area contributed by atoms with Crippen LogP contribution < -0.4 is 0 Å². The van der Waals surface area contributed by atoms with Crippen molar-refractivity contribution in [2.75, 3.05) is 5.75 Å². The van der Waals surface area contributed by atoms with E-state index in [0.29, 0.717) is 5.75 Å². The second kappa shape index (κ2) is 7.19. The van der Waals surface area contributed by atoms with E-state index in [1.165, 1.54) is 11.1 Å². The molecule has 0 amide bonds. The van der Waals surface area contributed by atoms with Gasteiger partial charge >= 0.3 is 0 Å². The third-order valence-corrected chi connectivity index (χ3v) is 5.16. The van der Waals surface area contributed by atoms with Gasteiger partial charge in [-0.2, -0.15) is 0 Å². The van der Waals surface area contributed by atoms with E-state index in [4.69, 9.17) is 0 Å². The fourth-order valence-corrected chi connectivity index (χ4v) is 3.92. The minimum Gasteiger partial charge on any atom is -0.254 e. The Morgan fingerprint density at radius 2 is 1.05 bits per heavy atom. The molecule has 110 valence electrons. The van der Waals surface area contributed by atoms with Gasteiger partial charge in [-0.15, -0.1) is 0 Å². The third-order valence-electron chi connectivity index (χ3n) is 3.73. The van der Waals surface area contributed by atoms with Crippen molar-refractivity contribution in [3.05, 3.63) is 102 Å². The van der Waals surface area contributed by atoms with Crippen molar-refractivity contribution in [1.29, 1.82) is 0 Å². The highest BCUT2D eigenvalue weighted by molar-refractivity contribution is 7.85. The molecule has 22 heavy (non-hydrogen) atoms. The van der Waals surface area contributed by atoms with Gasteiger partial charge in [0.25, 0.3) is 0 Å². The molecular weight excluding hydrogens is 288 g/mol. The number of hydrogen-bond acceptors (Lipinski definition) is 1. The maximum Gasteiger partial charge on any atom is 0.0539 e. The normalized spacial score (nSPS) is 12.2. The van der Waals surface area contributed by atoms with E-state index in [-0.39, 0.29) is 5.92 Å². The first-order chi connectivity index (χ1) is 10.8. The molecule has 0 N–H and O–H groups in total. The van der Waals surface area contributed by atoms with Crippen molar-refractivity contribution < 1.29 is 4.21 Å². The van der Waals surface area contributed by atoms with Crippen LogP contribution in [0.4, 0.5) is 0 Å². The van der Waals surface area contributed by atoms with Gasteiger partial charge in [-0.05, 0) is 23.3 Å². The number of rotatable bonds is 5. The summed E-state index contributed by atoms with van der Waals surface area (Å²) in [6.45, 7) is 0. The lowest BCUT2D eigenvalue weighted by molar-refractivity contribution is 0.679. The van der Waals surface area contributed by atoms with Gasteiger partial charge in [0.15, 0.2) is 0 Å². The highest BCUT2D eigenvalue weighted by atomic mass is 32.2. The van der Waals surface area contributed by atoms with E-state index < -0.39 is 10.8 Å². The van der Waals surface area contributed by atoms with E-state index in [1.807, 2.05) is 66.7 Å². The van der Waals surface area contributed by atoms with E-state index in [9.17, 15) is 4.21 Å². The fraction of sp³-hybridized carbons (Fsp3) is 0.100. The van der Waals surface area contributed by atoms with Crippen molar-refractivity contribution in [2.24, 2.45) is 0 Å². The predicted octanol–water partition coefficient (Wildman–Crippen LogP) is 4.63. The van der Waals surface area contributed by atoms with Crippen LogP contribution in [0.3, 0.4) is 0 Å². The third kappa shape index (κ3) is 3.52. The Morgan fingerprint density at radius 1 is 0.636 bits per heavy atom. The lowest BCUT2D eigenvalue weighted by Gasteiger charge is -2.17. The van der Waals surface area contributed by atoms with Gasteiger partial charge in [-0.1, -0.05) is 78.9 Å². The molecule has 1 atom stereocenters. The summed E-state index contributed by atoms with van der Waals surface area (Å²) in [5, 5.41) is 0. The molecule has 0 aliphatic rings. The van der Waals surface area contributed by atoms with E-state index in [0.717, 1.165) is 4.90 Å². The lowest BCUT2D eigenvalue weighted by Crippen LogP contribution is -2.11. The van der Waals surface area contributed by atoms with Crippen LogP contribution in [0.25, 0.3) is 0 Å². The molecule has 0 saturated carbocycles. The zero-order chi connectivity index (χ0) is 15.2. The smallest absolute Gasteiger partial charge is 0.0539 e. The highest BCUT2D eigenvalue weighted by Crippen LogP contribution is 2.27. The Labute approximate surface area is 134 Å². The van der Waals surface area contributed by atoms with E-state index >= 15 is 0 Å². The molecule has 3 aromatic rings. The van der Waals surface area contributed by atoms with Crippen LogP contribution in [-0.2, 0) is 10.8 Å². The standard InChI is InChI=1S/C20H18OS/c21-22(19-14-8-3-9-15-19)16-20(17-10-4-1-5-11-17)18-12-6-2-7-13-18/h1-15,20H,16H2. The molecule has 1 nitrogen and oxygen atoms in total. The zero-order valence-corrected chi connectivity index (χ0v) is 13.1. The summed E-state index contributed by atoms with van der Waals surface area (Å²) in [6.07, 6.45) is 0. The van der Waals surface area contributed by atoms with Crippen LogP contribution in [0.1, 0.15) is 17.0 Å². The van der Waals surface area contributed by atoms with Crippen LogP contribution in [0.2, 0.25) is 0 Å². The SMILES string of the molecule is O=S(CC(c1ccccc1)c1ccccc1)c1ccccc1. The monoisotopic (exact) mass is 306 g/mol. The van der Waals surface area contributed by atoms with Gasteiger partial charge in [0.2, 0.25) is 0 Å². The van der Waals surface area contributed by atoms with Gasteiger partial charge in [0.1, 0.15) is 0 Å². The summed E-state index contributed by atoms with van der Waals surface area (Å²) in [5.74, 6) is 0.737. The first-order valence-electron chi connectivity index (χ1n) is 7.38. The summed E-state index contributed by atoms with van der Waals surface area (Å²) in [7, 11) is -1.01. The van der Waals surface area contributed by atoms with Gasteiger partial charge in [0.05, 0.1) is 10.8 Å². The zero-order valence-electron chi connectivity index (χ0n) is 12.3. The lowest BCUT2D eigenvalue weighted by atomic mass is 9.93. The van der Waals surface area contributed by atoms with Gasteiger partial charge in [-0.3, -0.25) is 4.21 Å². The van der Waals surface area contributed by atoms with Crippen LogP contribution in [0.15, 0.2) is 95.9 Å². The molecule has 0 aliphatic heterocycles. The van der Waals surface area contributed by atoms with Crippen LogP contribution >= 0.6 is 0 Å². The minimum absolute atomic E-state index is 0.142. The summed E-state index contributed by atoms with van der Waals surface area (Å²) < 4.78 is 12.7. The molecule has 0 fully saturated rings. The van der Waals surface area contributed by atoms with Gasteiger partial charge in [-0.25, -0.2) is 0 Å². The topological polar surface area (TPSA) is 17.1 Å². The van der Waals surface area contributed by atoms with E-state index in [1.54, 1.807) is 0 Å². The Kier molecular flexibility index (Phi) is 4.81. The minimum atomic E-state index is -1.01.